The van der Waals surface area contributed by atoms with Crippen molar-refractivity contribution in [2.24, 2.45) is 0 Å². The summed E-state index contributed by atoms with van der Waals surface area (Å²) in [6, 6.07) is 0. The SMILES string of the molecule is C=C(C)C(=O)OCCOC(=O)CCCCCCCOC. The lowest BCUT2D eigenvalue weighted by molar-refractivity contribution is -0.150. The highest BCUT2D eigenvalue weighted by atomic mass is 16.6. The Balaban J connectivity index is 3.33. The zero-order chi connectivity index (χ0) is 15.2. The van der Waals surface area contributed by atoms with Gasteiger partial charge in [-0.3, -0.25) is 4.79 Å². The molecule has 0 atom stereocenters. The van der Waals surface area contributed by atoms with Crippen LogP contribution in [0.1, 0.15) is 45.4 Å². The Morgan fingerprint density at radius 2 is 1.50 bits per heavy atom. The maximum absolute atomic E-state index is 11.4. The van der Waals surface area contributed by atoms with Crippen LogP contribution in [0.2, 0.25) is 0 Å². The van der Waals surface area contributed by atoms with Crippen molar-refractivity contribution >= 4 is 11.9 Å². The molecule has 0 aromatic heterocycles. The maximum Gasteiger partial charge on any atom is 0.333 e. The predicted molar refractivity (Wildman–Crippen MR) is 76.3 cm³/mol. The van der Waals surface area contributed by atoms with Gasteiger partial charge in [0.05, 0.1) is 0 Å². The van der Waals surface area contributed by atoms with E-state index in [1.165, 1.54) is 0 Å². The van der Waals surface area contributed by atoms with E-state index in [9.17, 15) is 9.59 Å². The average Bonchev–Trinajstić information content (AvgIpc) is 2.42. The fourth-order valence-electron chi connectivity index (χ4n) is 1.53. The Morgan fingerprint density at radius 3 is 2.15 bits per heavy atom. The van der Waals surface area contributed by atoms with E-state index in [1.807, 2.05) is 0 Å². The third kappa shape index (κ3) is 11.7. The van der Waals surface area contributed by atoms with Crippen molar-refractivity contribution in [1.82, 2.24) is 0 Å². The first-order valence-electron chi connectivity index (χ1n) is 7.05. The second-order valence-corrected chi connectivity index (χ2v) is 4.65. The molecule has 5 nitrogen and oxygen atoms in total. The highest BCUT2D eigenvalue weighted by molar-refractivity contribution is 5.86. The van der Waals surface area contributed by atoms with Crippen LogP contribution in [0, 0.1) is 0 Å². The highest BCUT2D eigenvalue weighted by Gasteiger charge is 2.05. The minimum Gasteiger partial charge on any atom is -0.462 e. The van der Waals surface area contributed by atoms with Gasteiger partial charge < -0.3 is 14.2 Å². The summed E-state index contributed by atoms with van der Waals surface area (Å²) in [7, 11) is 1.70. The summed E-state index contributed by atoms with van der Waals surface area (Å²) in [5, 5.41) is 0. The number of rotatable bonds is 12. The van der Waals surface area contributed by atoms with E-state index in [4.69, 9.17) is 14.2 Å². The van der Waals surface area contributed by atoms with Gasteiger partial charge in [0.2, 0.25) is 0 Å². The van der Waals surface area contributed by atoms with Crippen LogP contribution in [0.15, 0.2) is 12.2 Å². The molecule has 0 bridgehead atoms. The smallest absolute Gasteiger partial charge is 0.333 e. The molecule has 0 spiro atoms. The molecule has 0 saturated heterocycles. The molecule has 5 heteroatoms. The molecule has 0 amide bonds. The zero-order valence-corrected chi connectivity index (χ0v) is 12.6. The van der Waals surface area contributed by atoms with Crippen molar-refractivity contribution in [2.75, 3.05) is 26.9 Å². The molecule has 116 valence electrons. The molecule has 20 heavy (non-hydrogen) atoms. The van der Waals surface area contributed by atoms with Gasteiger partial charge in [0.15, 0.2) is 0 Å². The topological polar surface area (TPSA) is 61.8 Å². The predicted octanol–water partition coefficient (Wildman–Crippen LogP) is 2.64. The van der Waals surface area contributed by atoms with Gasteiger partial charge in [-0.05, 0) is 19.8 Å². The Bertz CT molecular complexity index is 299. The van der Waals surface area contributed by atoms with Crippen molar-refractivity contribution in [2.45, 2.75) is 45.4 Å². The molecule has 0 N–H and O–H groups in total. The van der Waals surface area contributed by atoms with Crippen molar-refractivity contribution in [3.05, 3.63) is 12.2 Å². The number of unbranched alkanes of at least 4 members (excludes halogenated alkanes) is 4. The van der Waals surface area contributed by atoms with Crippen LogP contribution in [0.4, 0.5) is 0 Å². The molecule has 0 aromatic carbocycles. The van der Waals surface area contributed by atoms with E-state index in [2.05, 4.69) is 6.58 Å². The summed E-state index contributed by atoms with van der Waals surface area (Å²) in [5.74, 6) is -0.703. The molecule has 0 aliphatic heterocycles. The standard InChI is InChI=1S/C15H26O5/c1-13(2)15(17)20-12-11-19-14(16)9-7-5-4-6-8-10-18-3/h1,4-12H2,2-3H3. The van der Waals surface area contributed by atoms with Crippen molar-refractivity contribution in [1.29, 1.82) is 0 Å². The molecule has 0 radical (unpaired) electrons. The minimum absolute atomic E-state index is 0.0778. The molecular weight excluding hydrogens is 260 g/mol. The van der Waals surface area contributed by atoms with Crippen molar-refractivity contribution < 1.29 is 23.8 Å². The van der Waals surface area contributed by atoms with Gasteiger partial charge in [-0.15, -0.1) is 0 Å². The lowest BCUT2D eigenvalue weighted by Crippen LogP contribution is -2.14. The van der Waals surface area contributed by atoms with Crippen molar-refractivity contribution in [3.8, 4) is 0 Å². The highest BCUT2D eigenvalue weighted by Crippen LogP contribution is 2.06. The number of carbonyl (C=O) groups is 2. The maximum atomic E-state index is 11.4. The van der Waals surface area contributed by atoms with E-state index in [0.717, 1.165) is 38.7 Å². The minimum atomic E-state index is -0.461. The molecular formula is C15H26O5. The number of hydrogen-bond donors (Lipinski definition) is 0. The van der Waals surface area contributed by atoms with E-state index in [-0.39, 0.29) is 19.2 Å². The summed E-state index contributed by atoms with van der Waals surface area (Å²) in [5.41, 5.74) is 0.338. The first-order chi connectivity index (χ1) is 9.57. The number of esters is 2. The van der Waals surface area contributed by atoms with Crippen LogP contribution in [0.25, 0.3) is 0 Å². The Kier molecular flexibility index (Phi) is 11.8. The molecule has 0 saturated carbocycles. The van der Waals surface area contributed by atoms with Crippen LogP contribution >= 0.6 is 0 Å². The normalized spacial score (nSPS) is 10.1. The van der Waals surface area contributed by atoms with Crippen LogP contribution in [0.3, 0.4) is 0 Å². The van der Waals surface area contributed by atoms with Gasteiger partial charge >= 0.3 is 11.9 Å². The molecule has 0 aromatic rings. The summed E-state index contributed by atoms with van der Waals surface area (Å²) < 4.78 is 14.7. The van der Waals surface area contributed by atoms with Crippen LogP contribution < -0.4 is 0 Å². The Morgan fingerprint density at radius 1 is 0.900 bits per heavy atom. The molecule has 0 rings (SSSR count). The summed E-state index contributed by atoms with van der Waals surface area (Å²) in [6.45, 7) is 6.00. The van der Waals surface area contributed by atoms with E-state index in [1.54, 1.807) is 14.0 Å². The lowest BCUT2D eigenvalue weighted by atomic mass is 10.1. The van der Waals surface area contributed by atoms with Gasteiger partial charge in [0.1, 0.15) is 13.2 Å². The van der Waals surface area contributed by atoms with Crippen LogP contribution in [-0.4, -0.2) is 38.9 Å². The van der Waals surface area contributed by atoms with Gasteiger partial charge in [-0.2, -0.15) is 0 Å². The van der Waals surface area contributed by atoms with Gasteiger partial charge in [0.25, 0.3) is 0 Å². The third-order valence-electron chi connectivity index (χ3n) is 2.66. The van der Waals surface area contributed by atoms with Crippen LogP contribution in [0.5, 0.6) is 0 Å². The summed E-state index contributed by atoms with van der Waals surface area (Å²) in [4.78, 5) is 22.4. The number of carbonyl (C=O) groups excluding carboxylic acids is 2. The first-order valence-corrected chi connectivity index (χ1v) is 7.05. The van der Waals surface area contributed by atoms with E-state index in [0.29, 0.717) is 12.0 Å². The van der Waals surface area contributed by atoms with E-state index >= 15 is 0 Å². The summed E-state index contributed by atoms with van der Waals surface area (Å²) in [6.07, 6.45) is 5.56. The summed E-state index contributed by atoms with van der Waals surface area (Å²) >= 11 is 0. The number of hydrogen-bond acceptors (Lipinski definition) is 5. The number of ether oxygens (including phenoxy) is 3. The van der Waals surface area contributed by atoms with Gasteiger partial charge in [0, 0.05) is 25.7 Å². The average molecular weight is 286 g/mol. The van der Waals surface area contributed by atoms with Crippen molar-refractivity contribution in [3.63, 3.8) is 0 Å². The Hall–Kier alpha value is -1.36. The van der Waals surface area contributed by atoms with Crippen LogP contribution in [-0.2, 0) is 23.8 Å². The largest absolute Gasteiger partial charge is 0.462 e. The fraction of sp³-hybridized carbons (Fsp3) is 0.733. The first kappa shape index (κ1) is 18.6. The third-order valence-corrected chi connectivity index (χ3v) is 2.66. The molecule has 0 unspecified atom stereocenters. The molecule has 0 fully saturated rings. The molecule has 0 aliphatic carbocycles. The lowest BCUT2D eigenvalue weighted by Gasteiger charge is -2.06. The van der Waals surface area contributed by atoms with E-state index < -0.39 is 5.97 Å². The van der Waals surface area contributed by atoms with Gasteiger partial charge in [-0.1, -0.05) is 25.8 Å². The fourth-order valence-corrected chi connectivity index (χ4v) is 1.53. The Labute approximate surface area is 121 Å². The van der Waals surface area contributed by atoms with Gasteiger partial charge in [-0.25, -0.2) is 4.79 Å². The second kappa shape index (κ2) is 12.7. The number of methoxy groups -OCH3 is 1. The quantitative estimate of drug-likeness (QED) is 0.313. The molecule has 0 aliphatic rings. The zero-order valence-electron chi connectivity index (χ0n) is 12.6. The molecule has 0 heterocycles. The monoisotopic (exact) mass is 286 g/mol. The second-order valence-electron chi connectivity index (χ2n) is 4.65.